The topological polar surface area (TPSA) is 43.4 Å². The average Bonchev–Trinajstić information content (AvgIpc) is 2.29. The van der Waals surface area contributed by atoms with Gasteiger partial charge in [0.05, 0.1) is 11.1 Å². The Balaban J connectivity index is 1.88. The van der Waals surface area contributed by atoms with Crippen LogP contribution in [-0.4, -0.2) is 37.4 Å². The van der Waals surface area contributed by atoms with Crippen LogP contribution in [0.1, 0.15) is 5.56 Å². The van der Waals surface area contributed by atoms with Crippen LogP contribution in [0.3, 0.4) is 0 Å². The van der Waals surface area contributed by atoms with Gasteiger partial charge >= 0.3 is 0 Å². The van der Waals surface area contributed by atoms with E-state index in [1.807, 2.05) is 13.0 Å². The van der Waals surface area contributed by atoms with Crippen molar-refractivity contribution in [3.8, 4) is 5.88 Å². The van der Waals surface area contributed by atoms with E-state index in [0.717, 1.165) is 29.7 Å². The highest BCUT2D eigenvalue weighted by Crippen LogP contribution is 2.22. The number of hydrogen-bond acceptors (Lipinski definition) is 4. The number of morpholine rings is 1. The van der Waals surface area contributed by atoms with E-state index in [-0.39, 0.29) is 6.10 Å². The van der Waals surface area contributed by atoms with Crippen molar-refractivity contribution >= 4 is 15.9 Å². The van der Waals surface area contributed by atoms with E-state index in [2.05, 4.69) is 26.2 Å². The predicted molar refractivity (Wildman–Crippen MR) is 64.8 cm³/mol. The number of rotatable bonds is 3. The van der Waals surface area contributed by atoms with Crippen LogP contribution >= 0.6 is 15.9 Å². The van der Waals surface area contributed by atoms with Crippen molar-refractivity contribution in [3.63, 3.8) is 0 Å². The van der Waals surface area contributed by atoms with Crippen LogP contribution < -0.4 is 10.1 Å². The van der Waals surface area contributed by atoms with Crippen LogP contribution in [0.15, 0.2) is 16.7 Å². The standard InChI is InChI=1S/C11H15BrN2O2/c1-8-4-10(12)11(14-5-8)16-7-9-6-13-2-3-15-9/h4-5,9,13H,2-3,6-7H2,1H3. The summed E-state index contributed by atoms with van der Waals surface area (Å²) in [6, 6.07) is 1.99. The van der Waals surface area contributed by atoms with Gasteiger partial charge in [0.2, 0.25) is 5.88 Å². The van der Waals surface area contributed by atoms with E-state index in [1.54, 1.807) is 6.20 Å². The molecule has 2 heterocycles. The minimum absolute atomic E-state index is 0.115. The van der Waals surface area contributed by atoms with Crippen molar-refractivity contribution in [1.29, 1.82) is 0 Å². The Kier molecular flexibility index (Phi) is 4.15. The summed E-state index contributed by atoms with van der Waals surface area (Å²) in [5.41, 5.74) is 1.11. The highest BCUT2D eigenvalue weighted by atomic mass is 79.9. The van der Waals surface area contributed by atoms with Crippen molar-refractivity contribution in [2.75, 3.05) is 26.3 Å². The molecular weight excluding hydrogens is 272 g/mol. The molecule has 88 valence electrons. The minimum atomic E-state index is 0.115. The minimum Gasteiger partial charge on any atom is -0.474 e. The molecule has 0 saturated carbocycles. The van der Waals surface area contributed by atoms with Crippen molar-refractivity contribution < 1.29 is 9.47 Å². The SMILES string of the molecule is Cc1cnc(OCC2CNCCO2)c(Br)c1. The second-order valence-electron chi connectivity index (χ2n) is 3.81. The molecule has 1 atom stereocenters. The third kappa shape index (κ3) is 3.17. The molecule has 2 rings (SSSR count). The molecule has 0 radical (unpaired) electrons. The molecule has 1 aliphatic rings. The van der Waals surface area contributed by atoms with E-state index in [0.29, 0.717) is 12.5 Å². The Hall–Kier alpha value is -0.650. The normalized spacial score (nSPS) is 20.8. The molecule has 0 aromatic carbocycles. The van der Waals surface area contributed by atoms with E-state index in [1.165, 1.54) is 0 Å². The van der Waals surface area contributed by atoms with E-state index >= 15 is 0 Å². The van der Waals surface area contributed by atoms with Crippen LogP contribution in [0.5, 0.6) is 5.88 Å². The lowest BCUT2D eigenvalue weighted by atomic mass is 10.3. The Morgan fingerprint density at radius 2 is 2.56 bits per heavy atom. The predicted octanol–water partition coefficient (Wildman–Crippen LogP) is 1.52. The lowest BCUT2D eigenvalue weighted by Gasteiger charge is -2.23. The Labute approximate surface area is 103 Å². The summed E-state index contributed by atoms with van der Waals surface area (Å²) < 4.78 is 12.0. The zero-order chi connectivity index (χ0) is 11.4. The maximum absolute atomic E-state index is 5.61. The van der Waals surface area contributed by atoms with Gasteiger partial charge in [-0.05, 0) is 34.5 Å². The number of aromatic nitrogens is 1. The van der Waals surface area contributed by atoms with Gasteiger partial charge in [-0.3, -0.25) is 0 Å². The van der Waals surface area contributed by atoms with E-state index < -0.39 is 0 Å². The van der Waals surface area contributed by atoms with Crippen LogP contribution in [0.25, 0.3) is 0 Å². The van der Waals surface area contributed by atoms with Gasteiger partial charge < -0.3 is 14.8 Å². The highest BCUT2D eigenvalue weighted by Gasteiger charge is 2.14. The fourth-order valence-electron chi connectivity index (χ4n) is 1.53. The Morgan fingerprint density at radius 3 is 3.25 bits per heavy atom. The molecule has 5 heteroatoms. The fourth-order valence-corrected chi connectivity index (χ4v) is 2.10. The van der Waals surface area contributed by atoms with Crippen molar-refractivity contribution in [2.24, 2.45) is 0 Å². The first-order chi connectivity index (χ1) is 7.75. The van der Waals surface area contributed by atoms with Crippen molar-refractivity contribution in [3.05, 3.63) is 22.3 Å². The molecular formula is C11H15BrN2O2. The second kappa shape index (κ2) is 5.61. The summed E-state index contributed by atoms with van der Waals surface area (Å²) in [6.45, 7) is 5.03. The maximum Gasteiger partial charge on any atom is 0.228 e. The van der Waals surface area contributed by atoms with Crippen LogP contribution in [0, 0.1) is 6.92 Å². The molecule has 1 aromatic heterocycles. The molecule has 4 nitrogen and oxygen atoms in total. The van der Waals surface area contributed by atoms with Crippen molar-refractivity contribution in [1.82, 2.24) is 10.3 Å². The molecule has 0 aliphatic carbocycles. The monoisotopic (exact) mass is 286 g/mol. The third-order valence-electron chi connectivity index (χ3n) is 2.35. The third-order valence-corrected chi connectivity index (χ3v) is 2.92. The number of nitrogens with one attached hydrogen (secondary N) is 1. The summed E-state index contributed by atoms with van der Waals surface area (Å²) >= 11 is 3.43. The Bertz CT molecular complexity index is 354. The molecule has 1 saturated heterocycles. The van der Waals surface area contributed by atoms with Crippen LogP contribution in [-0.2, 0) is 4.74 Å². The number of nitrogens with zero attached hydrogens (tertiary/aromatic N) is 1. The smallest absolute Gasteiger partial charge is 0.228 e. The summed E-state index contributed by atoms with van der Waals surface area (Å²) in [5.74, 6) is 0.625. The average molecular weight is 287 g/mol. The van der Waals surface area contributed by atoms with Gasteiger partial charge in [-0.2, -0.15) is 0 Å². The van der Waals surface area contributed by atoms with Gasteiger partial charge in [-0.1, -0.05) is 0 Å². The van der Waals surface area contributed by atoms with E-state index in [9.17, 15) is 0 Å². The molecule has 1 aliphatic heterocycles. The number of aryl methyl sites for hydroxylation is 1. The fraction of sp³-hybridized carbons (Fsp3) is 0.545. The summed E-state index contributed by atoms with van der Waals surface area (Å²) in [5, 5.41) is 3.26. The van der Waals surface area contributed by atoms with Gasteiger partial charge in [0, 0.05) is 19.3 Å². The first kappa shape index (κ1) is 11.8. The van der Waals surface area contributed by atoms with Crippen LogP contribution in [0.2, 0.25) is 0 Å². The lowest BCUT2D eigenvalue weighted by Crippen LogP contribution is -2.41. The molecule has 1 aromatic rings. The van der Waals surface area contributed by atoms with Gasteiger partial charge in [-0.25, -0.2) is 4.98 Å². The van der Waals surface area contributed by atoms with Gasteiger partial charge in [-0.15, -0.1) is 0 Å². The van der Waals surface area contributed by atoms with Gasteiger partial charge in [0.1, 0.15) is 12.7 Å². The zero-order valence-electron chi connectivity index (χ0n) is 9.20. The maximum atomic E-state index is 5.61. The molecule has 16 heavy (non-hydrogen) atoms. The summed E-state index contributed by atoms with van der Waals surface area (Å²) in [6.07, 6.45) is 1.91. The number of pyridine rings is 1. The summed E-state index contributed by atoms with van der Waals surface area (Å²) in [4.78, 5) is 4.22. The first-order valence-electron chi connectivity index (χ1n) is 5.33. The van der Waals surface area contributed by atoms with E-state index in [4.69, 9.17) is 9.47 Å². The molecule has 1 unspecified atom stereocenters. The number of ether oxygens (including phenoxy) is 2. The quantitative estimate of drug-likeness (QED) is 0.915. The summed E-state index contributed by atoms with van der Waals surface area (Å²) in [7, 11) is 0. The molecule has 1 fully saturated rings. The largest absolute Gasteiger partial charge is 0.474 e. The molecule has 0 bridgehead atoms. The number of halogens is 1. The van der Waals surface area contributed by atoms with Gasteiger partial charge in [0.25, 0.3) is 0 Å². The van der Waals surface area contributed by atoms with Crippen LogP contribution in [0.4, 0.5) is 0 Å². The van der Waals surface area contributed by atoms with Crippen molar-refractivity contribution in [2.45, 2.75) is 13.0 Å². The highest BCUT2D eigenvalue weighted by molar-refractivity contribution is 9.10. The number of hydrogen-bond donors (Lipinski definition) is 1. The Morgan fingerprint density at radius 1 is 1.69 bits per heavy atom. The second-order valence-corrected chi connectivity index (χ2v) is 4.66. The first-order valence-corrected chi connectivity index (χ1v) is 6.12. The molecule has 0 spiro atoms. The van der Waals surface area contributed by atoms with Gasteiger partial charge in [0.15, 0.2) is 0 Å². The zero-order valence-corrected chi connectivity index (χ0v) is 10.8. The molecule has 1 N–H and O–H groups in total. The molecule has 0 amide bonds. The lowest BCUT2D eigenvalue weighted by molar-refractivity contribution is -0.000913.